The van der Waals surface area contributed by atoms with Gasteiger partial charge in [0.25, 0.3) is 0 Å². The Hall–Kier alpha value is 0.440. The van der Waals surface area contributed by atoms with Gasteiger partial charge in [-0.3, -0.25) is 0 Å². The second kappa shape index (κ2) is 6.15. The number of carbonyl (C=O) groups excluding carboxylic acids is 1. The zero-order valence-corrected chi connectivity index (χ0v) is 11.8. The summed E-state index contributed by atoms with van der Waals surface area (Å²) in [5.41, 5.74) is -0.169. The molecule has 0 aliphatic heterocycles. The van der Waals surface area contributed by atoms with E-state index in [9.17, 15) is 17.8 Å². The Morgan fingerprint density at radius 2 is 1.62 bits per heavy atom. The van der Waals surface area contributed by atoms with E-state index < -0.39 is 22.3 Å². The topological polar surface area (TPSA) is 63.6 Å². The van der Waals surface area contributed by atoms with Crippen LogP contribution in [0.1, 0.15) is 38.5 Å². The van der Waals surface area contributed by atoms with Crippen LogP contribution in [0.4, 0.5) is 8.78 Å². The van der Waals surface area contributed by atoms with Gasteiger partial charge in [0.15, 0.2) is 0 Å². The van der Waals surface area contributed by atoms with E-state index in [2.05, 4.69) is 0 Å². The Morgan fingerprint density at radius 1 is 1.19 bits per heavy atom. The Bertz CT molecular complexity index is 422. The molecule has 0 heterocycles. The van der Waals surface area contributed by atoms with Crippen molar-refractivity contribution in [2.75, 3.05) is 6.61 Å². The fourth-order valence-electron chi connectivity index (χ4n) is 4.84. The summed E-state index contributed by atoms with van der Waals surface area (Å²) in [7, 11) is 0. The van der Waals surface area contributed by atoms with Gasteiger partial charge in [-0.15, -0.1) is 0 Å². The first kappa shape index (κ1) is 17.8. The van der Waals surface area contributed by atoms with Gasteiger partial charge in [-0.05, 0) is 56.3 Å². The van der Waals surface area contributed by atoms with Crippen LogP contribution in [0, 0.1) is 23.2 Å². The van der Waals surface area contributed by atoms with Gasteiger partial charge in [-0.2, -0.15) is 8.78 Å². The van der Waals surface area contributed by atoms with Crippen molar-refractivity contribution < 1.29 is 27.1 Å². The van der Waals surface area contributed by atoms with Crippen LogP contribution < -0.4 is 0 Å². The van der Waals surface area contributed by atoms with Gasteiger partial charge in [-0.25, -0.2) is 9.00 Å². The van der Waals surface area contributed by atoms with E-state index in [1.807, 2.05) is 0 Å². The van der Waals surface area contributed by atoms with Crippen LogP contribution >= 0.6 is 0 Å². The zero-order chi connectivity index (χ0) is 14.5. The molecule has 8 heteroatoms. The van der Waals surface area contributed by atoms with Gasteiger partial charge in [0.05, 0.1) is 6.61 Å². The van der Waals surface area contributed by atoms with E-state index >= 15 is 0 Å². The third-order valence-corrected chi connectivity index (χ3v) is 5.74. The van der Waals surface area contributed by atoms with Crippen LogP contribution in [0.25, 0.3) is 0 Å². The molecule has 4 nitrogen and oxygen atoms in total. The number of hydrogen-bond acceptors (Lipinski definition) is 3. The normalized spacial score (nSPS) is 38.7. The standard InChI is InChI=1S/C13H18F2O4S.Na.H/c14-13(15,20(17)18)11(16)19-7-12-4-8-1-9(5-12)3-10(2-8)6-12;;/h8-10H,1-7H2,(H,17,18);;. The number of alkyl halides is 2. The average Bonchev–Trinajstić information content (AvgIpc) is 2.34. The molecule has 4 rings (SSSR count). The van der Waals surface area contributed by atoms with Crippen LogP contribution in [-0.4, -0.2) is 56.1 Å². The third kappa shape index (κ3) is 3.37. The summed E-state index contributed by atoms with van der Waals surface area (Å²) in [4.78, 5) is 11.3. The Kier molecular flexibility index (Phi) is 5.21. The van der Waals surface area contributed by atoms with E-state index in [4.69, 9.17) is 9.29 Å². The van der Waals surface area contributed by atoms with E-state index in [1.165, 1.54) is 19.3 Å². The first-order chi connectivity index (χ1) is 9.31. The van der Waals surface area contributed by atoms with Gasteiger partial charge in [-0.1, -0.05) is 0 Å². The number of carbonyl (C=O) groups is 1. The summed E-state index contributed by atoms with van der Waals surface area (Å²) in [6.45, 7) is -0.0396. The molecule has 1 atom stereocenters. The van der Waals surface area contributed by atoms with Crippen LogP contribution in [0.15, 0.2) is 0 Å². The predicted molar refractivity (Wildman–Crippen MR) is 74.4 cm³/mol. The first-order valence-corrected chi connectivity index (χ1v) is 8.07. The van der Waals surface area contributed by atoms with Gasteiger partial charge in [0, 0.05) is 5.41 Å². The van der Waals surface area contributed by atoms with Crippen LogP contribution in [0.2, 0.25) is 0 Å². The van der Waals surface area contributed by atoms with Crippen molar-refractivity contribution in [1.29, 1.82) is 0 Å². The Morgan fingerprint density at radius 3 is 2.00 bits per heavy atom. The molecule has 0 aromatic rings. The molecule has 4 aliphatic rings. The molecule has 0 saturated heterocycles. The van der Waals surface area contributed by atoms with Crippen molar-refractivity contribution in [3.63, 3.8) is 0 Å². The Balaban J connectivity index is 0.00000161. The summed E-state index contributed by atoms with van der Waals surface area (Å²) in [6.07, 6.45) is 6.43. The SMILES string of the molecule is O=C(OCC12CC3CC(CC(C3)C1)C2)C(F)(F)S(=O)O.[NaH]. The predicted octanol–water partition coefficient (Wildman–Crippen LogP) is 1.91. The molecule has 0 spiro atoms. The summed E-state index contributed by atoms with van der Waals surface area (Å²) in [5.74, 6) is 0.0152. The van der Waals surface area contributed by atoms with Crippen molar-refractivity contribution in [3.05, 3.63) is 0 Å². The van der Waals surface area contributed by atoms with E-state index in [1.54, 1.807) is 0 Å². The number of ether oxygens (including phenoxy) is 1. The fraction of sp³-hybridized carbons (Fsp3) is 0.923. The maximum atomic E-state index is 13.1. The van der Waals surface area contributed by atoms with Gasteiger partial charge < -0.3 is 9.29 Å². The van der Waals surface area contributed by atoms with E-state index in [-0.39, 0.29) is 41.6 Å². The monoisotopic (exact) mass is 332 g/mol. The summed E-state index contributed by atoms with van der Waals surface area (Å²) in [5, 5.41) is -4.33. The zero-order valence-electron chi connectivity index (χ0n) is 11.0. The van der Waals surface area contributed by atoms with Crippen LogP contribution in [-0.2, 0) is 20.6 Å². The number of esters is 1. The molecule has 1 unspecified atom stereocenters. The average molecular weight is 332 g/mol. The van der Waals surface area contributed by atoms with Gasteiger partial charge in [0.1, 0.15) is 0 Å². The molecule has 0 aromatic heterocycles. The molecule has 0 aromatic carbocycles. The van der Waals surface area contributed by atoms with Crippen molar-refractivity contribution in [3.8, 4) is 0 Å². The first-order valence-electron chi connectivity index (χ1n) is 6.97. The van der Waals surface area contributed by atoms with Gasteiger partial charge >= 0.3 is 40.8 Å². The van der Waals surface area contributed by atoms with E-state index in [0.29, 0.717) is 17.8 Å². The summed E-state index contributed by atoms with van der Waals surface area (Å²) >= 11 is -3.53. The molecular formula is C13H19F2NaO4S. The molecule has 1 N–H and O–H groups in total. The molecule has 0 amide bonds. The number of halogens is 2. The molecule has 4 fully saturated rings. The third-order valence-electron chi connectivity index (χ3n) is 5.13. The van der Waals surface area contributed by atoms with Crippen molar-refractivity contribution in [2.24, 2.45) is 23.2 Å². The minimum atomic E-state index is -4.33. The molecular weight excluding hydrogens is 313 g/mol. The quantitative estimate of drug-likeness (QED) is 0.485. The minimum absolute atomic E-state index is 0. The molecule has 4 bridgehead atoms. The maximum absolute atomic E-state index is 13.1. The molecule has 0 radical (unpaired) electrons. The second-order valence-corrected chi connectivity index (χ2v) is 7.77. The van der Waals surface area contributed by atoms with Crippen molar-refractivity contribution in [2.45, 2.75) is 43.8 Å². The van der Waals surface area contributed by atoms with Crippen LogP contribution in [0.5, 0.6) is 0 Å². The van der Waals surface area contributed by atoms with Crippen molar-refractivity contribution in [1.82, 2.24) is 0 Å². The summed E-state index contributed by atoms with van der Waals surface area (Å²) < 4.78 is 49.7. The van der Waals surface area contributed by atoms with Crippen LogP contribution in [0.3, 0.4) is 0 Å². The van der Waals surface area contributed by atoms with Crippen molar-refractivity contribution >= 4 is 46.6 Å². The molecule has 4 saturated carbocycles. The number of rotatable bonds is 4. The fourth-order valence-corrected chi connectivity index (χ4v) is 5.04. The second-order valence-electron chi connectivity index (χ2n) is 6.76. The molecule has 116 valence electrons. The van der Waals surface area contributed by atoms with E-state index in [0.717, 1.165) is 19.3 Å². The Labute approximate surface area is 146 Å². The van der Waals surface area contributed by atoms with Gasteiger partial charge in [0.2, 0.25) is 11.1 Å². The molecule has 4 aliphatic carbocycles. The molecule has 21 heavy (non-hydrogen) atoms. The summed E-state index contributed by atoms with van der Waals surface area (Å²) in [6, 6.07) is 0. The number of hydrogen-bond donors (Lipinski definition) is 1.